The van der Waals surface area contributed by atoms with Crippen LogP contribution in [0, 0.1) is 11.3 Å². The van der Waals surface area contributed by atoms with Crippen LogP contribution in [0.2, 0.25) is 5.02 Å². The molecule has 50 heavy (non-hydrogen) atoms. The van der Waals surface area contributed by atoms with E-state index in [2.05, 4.69) is 26.9 Å². The third-order valence-electron chi connectivity index (χ3n) is 8.31. The van der Waals surface area contributed by atoms with Crippen LogP contribution in [0.5, 0.6) is 5.75 Å². The van der Waals surface area contributed by atoms with Crippen LogP contribution < -0.4 is 10.6 Å². The molecule has 1 saturated heterocycles. The maximum atomic E-state index is 14.1. The number of nitrogens with zero attached hydrogens (tertiary/aromatic N) is 6. The molecule has 1 aliphatic rings. The van der Waals surface area contributed by atoms with Gasteiger partial charge < -0.3 is 25.4 Å². The van der Waals surface area contributed by atoms with Gasteiger partial charge in [-0.3, -0.25) is 23.7 Å². The molecule has 0 radical (unpaired) electrons. The molecule has 3 N–H and O–H groups in total. The number of benzene rings is 3. The highest BCUT2D eigenvalue weighted by molar-refractivity contribution is 6.31. The summed E-state index contributed by atoms with van der Waals surface area (Å²) in [6, 6.07) is 22.2. The number of aromatic hydroxyl groups is 1. The highest BCUT2D eigenvalue weighted by Gasteiger charge is 2.37. The number of ether oxygens (including phenoxy) is 1. The van der Waals surface area contributed by atoms with Gasteiger partial charge in [0.1, 0.15) is 29.2 Å². The van der Waals surface area contributed by atoms with Crippen molar-refractivity contribution in [1.82, 2.24) is 29.8 Å². The van der Waals surface area contributed by atoms with Crippen molar-refractivity contribution in [3.63, 3.8) is 0 Å². The molecule has 0 aliphatic carbocycles. The normalized spacial score (nSPS) is 14.8. The van der Waals surface area contributed by atoms with Gasteiger partial charge in [-0.2, -0.15) is 15.5 Å². The second-order valence-corrected chi connectivity index (χ2v) is 12.0. The van der Waals surface area contributed by atoms with Crippen LogP contribution in [0.3, 0.4) is 0 Å². The van der Waals surface area contributed by atoms with Crippen molar-refractivity contribution in [3.8, 4) is 34.2 Å². The van der Waals surface area contributed by atoms with Gasteiger partial charge in [0, 0.05) is 47.8 Å². The Morgan fingerprint density at radius 2 is 1.86 bits per heavy atom. The van der Waals surface area contributed by atoms with Crippen LogP contribution in [0.4, 0.5) is 5.69 Å². The Hall–Kier alpha value is -5.97. The van der Waals surface area contributed by atoms with E-state index in [0.29, 0.717) is 39.6 Å². The number of morpholine rings is 1. The Labute approximate surface area is 292 Å². The third-order valence-corrected chi connectivity index (χ3v) is 8.55. The average molecular weight is 693 g/mol. The van der Waals surface area contributed by atoms with Crippen molar-refractivity contribution < 1.29 is 24.2 Å². The largest absolute Gasteiger partial charge is 0.507 e. The Morgan fingerprint density at radius 3 is 2.58 bits per heavy atom. The van der Waals surface area contributed by atoms with E-state index in [1.807, 2.05) is 6.07 Å². The van der Waals surface area contributed by atoms with Crippen molar-refractivity contribution in [2.75, 3.05) is 25.1 Å². The smallest absolute Gasteiger partial charge is 0.270 e. The molecule has 14 heteroatoms. The first-order valence-electron chi connectivity index (χ1n) is 15.8. The first kappa shape index (κ1) is 33.9. The summed E-state index contributed by atoms with van der Waals surface area (Å²) >= 11 is 6.23. The number of hydrogen-bond acceptors (Lipinski definition) is 8. The summed E-state index contributed by atoms with van der Waals surface area (Å²) < 4.78 is 8.69. The molecule has 2 atom stereocenters. The van der Waals surface area contributed by atoms with Gasteiger partial charge in [0.2, 0.25) is 5.91 Å². The molecule has 1 fully saturated rings. The van der Waals surface area contributed by atoms with Gasteiger partial charge in [-0.25, -0.2) is 0 Å². The molecular weight excluding hydrogens is 660 g/mol. The summed E-state index contributed by atoms with van der Waals surface area (Å²) in [6.07, 6.45) is 3.54. The molecule has 3 heterocycles. The zero-order chi connectivity index (χ0) is 35.2. The van der Waals surface area contributed by atoms with E-state index in [1.165, 1.54) is 21.8 Å². The molecule has 6 rings (SSSR count). The number of aromatic nitrogens is 4. The van der Waals surface area contributed by atoms with E-state index in [0.717, 1.165) is 5.56 Å². The van der Waals surface area contributed by atoms with Crippen molar-refractivity contribution in [1.29, 1.82) is 5.26 Å². The summed E-state index contributed by atoms with van der Waals surface area (Å²) in [6.45, 7) is 0.709. The Balaban J connectivity index is 1.22. The van der Waals surface area contributed by atoms with Crippen molar-refractivity contribution in [2.45, 2.75) is 25.0 Å². The molecule has 0 bridgehead atoms. The minimum Gasteiger partial charge on any atom is -0.507 e. The zero-order valence-corrected chi connectivity index (χ0v) is 27.7. The van der Waals surface area contributed by atoms with Crippen molar-refractivity contribution >= 4 is 35.0 Å². The number of nitrogens with one attached hydrogen (secondary N) is 2. The number of nitriles is 1. The highest BCUT2D eigenvalue weighted by Crippen LogP contribution is 2.38. The third kappa shape index (κ3) is 7.36. The predicted octanol–water partition coefficient (Wildman–Crippen LogP) is 4.56. The molecule has 2 aromatic heterocycles. The second kappa shape index (κ2) is 15.1. The lowest BCUT2D eigenvalue weighted by Crippen LogP contribution is -2.57. The molecule has 254 valence electrons. The molecule has 5 aromatic rings. The van der Waals surface area contributed by atoms with Crippen LogP contribution in [0.1, 0.15) is 28.5 Å². The summed E-state index contributed by atoms with van der Waals surface area (Å²) in [5.41, 5.74) is 3.68. The number of carbonyl (C=O) groups is 3. The van der Waals surface area contributed by atoms with Gasteiger partial charge in [0.25, 0.3) is 11.8 Å². The number of carbonyl (C=O) groups excluding carboxylic acids is 3. The lowest BCUT2D eigenvalue weighted by Gasteiger charge is -2.37. The molecule has 3 amide bonds. The van der Waals surface area contributed by atoms with Gasteiger partial charge in [0.15, 0.2) is 0 Å². The number of aryl methyl sites for hydroxylation is 2. The zero-order valence-electron chi connectivity index (χ0n) is 27.0. The maximum Gasteiger partial charge on any atom is 0.270 e. The van der Waals surface area contributed by atoms with Gasteiger partial charge in [-0.1, -0.05) is 54.1 Å². The fourth-order valence-corrected chi connectivity index (χ4v) is 5.92. The maximum absolute atomic E-state index is 14.1. The standard InChI is InChI=1S/C36H33ClN8O5/c1-43-29(14-16-39-43)34(47)41-32(24-6-3-2-4-7-24)36(49)45-18-19-50-22-30(45)35(48)40-26-11-8-23(9-12-26)28-21-44(17-5-15-38)42-33(28)27-20-25(37)10-13-31(27)46/h2-4,6-14,16,20-21,30,32,46H,5,17-19,22H2,1H3,(H,40,48)(H,41,47)/t30-,32+/m0/s1. The van der Waals surface area contributed by atoms with E-state index in [-0.39, 0.29) is 37.6 Å². The summed E-state index contributed by atoms with van der Waals surface area (Å²) in [4.78, 5) is 42.4. The lowest BCUT2D eigenvalue weighted by atomic mass is 10.0. The fraction of sp³-hybridized carbons (Fsp3) is 0.222. The van der Waals surface area contributed by atoms with Crippen LogP contribution in [-0.2, 0) is 27.9 Å². The molecule has 0 spiro atoms. The first-order chi connectivity index (χ1) is 24.2. The quantitative estimate of drug-likeness (QED) is 0.192. The van der Waals surface area contributed by atoms with Gasteiger partial charge in [-0.05, 0) is 47.5 Å². The van der Waals surface area contributed by atoms with Crippen LogP contribution >= 0.6 is 11.6 Å². The lowest BCUT2D eigenvalue weighted by molar-refractivity contribution is -0.148. The number of rotatable bonds is 10. The van der Waals surface area contributed by atoms with E-state index in [4.69, 9.17) is 21.6 Å². The fourth-order valence-electron chi connectivity index (χ4n) is 5.75. The Morgan fingerprint density at radius 1 is 1.08 bits per heavy atom. The molecule has 3 aromatic carbocycles. The topological polar surface area (TPSA) is 167 Å². The van der Waals surface area contributed by atoms with Gasteiger partial charge >= 0.3 is 0 Å². The summed E-state index contributed by atoms with van der Waals surface area (Å²) in [5, 5.41) is 34.5. The Kier molecular flexibility index (Phi) is 10.2. The van der Waals surface area contributed by atoms with Gasteiger partial charge in [0.05, 0.1) is 32.2 Å². The molecular formula is C36H33ClN8O5. The number of hydrogen-bond donors (Lipinski definition) is 3. The van der Waals surface area contributed by atoms with Crippen LogP contribution in [0.15, 0.2) is 91.3 Å². The first-order valence-corrected chi connectivity index (χ1v) is 16.2. The number of anilines is 1. The number of phenols is 1. The van der Waals surface area contributed by atoms with Gasteiger partial charge in [-0.15, -0.1) is 0 Å². The van der Waals surface area contributed by atoms with Crippen molar-refractivity contribution in [3.05, 3.63) is 108 Å². The predicted molar refractivity (Wildman–Crippen MR) is 185 cm³/mol. The summed E-state index contributed by atoms with van der Waals surface area (Å²) in [5.74, 6) is -1.38. The Bertz CT molecular complexity index is 2050. The van der Waals surface area contributed by atoms with E-state index in [9.17, 15) is 19.5 Å². The molecule has 0 unspecified atom stereocenters. The minimum absolute atomic E-state index is 0.00455. The van der Waals surface area contributed by atoms with Crippen LogP contribution in [0.25, 0.3) is 22.4 Å². The molecule has 1 aliphatic heterocycles. The van der Waals surface area contributed by atoms with E-state index >= 15 is 0 Å². The summed E-state index contributed by atoms with van der Waals surface area (Å²) in [7, 11) is 1.64. The molecule has 13 nitrogen and oxygen atoms in total. The average Bonchev–Trinajstić information content (AvgIpc) is 3.77. The van der Waals surface area contributed by atoms with E-state index < -0.39 is 29.8 Å². The van der Waals surface area contributed by atoms with Crippen LogP contribution in [-0.4, -0.2) is 73.1 Å². The molecule has 0 saturated carbocycles. The van der Waals surface area contributed by atoms with Crippen molar-refractivity contribution in [2.24, 2.45) is 7.05 Å². The second-order valence-electron chi connectivity index (χ2n) is 11.6. The van der Waals surface area contributed by atoms with E-state index in [1.54, 1.807) is 84.7 Å². The highest BCUT2D eigenvalue weighted by atomic mass is 35.5. The minimum atomic E-state index is -1.06. The number of phenolic OH excluding ortho intramolecular Hbond substituents is 1. The number of amides is 3. The SMILES string of the molecule is Cn1nccc1C(=O)N[C@@H](C(=O)N1CCOC[C@H]1C(=O)Nc1ccc(-c2cn(CCC#N)nc2-c2cc(Cl)ccc2O)cc1)c1ccccc1. The number of halogens is 1. The monoisotopic (exact) mass is 692 g/mol.